The van der Waals surface area contributed by atoms with Crippen molar-refractivity contribution in [3.63, 3.8) is 0 Å². The first-order valence-electron chi connectivity index (χ1n) is 10.7. The summed E-state index contributed by atoms with van der Waals surface area (Å²) >= 11 is 0. The van der Waals surface area contributed by atoms with E-state index in [0.29, 0.717) is 37.6 Å². The first-order valence-corrected chi connectivity index (χ1v) is 10.7. The second-order valence-corrected chi connectivity index (χ2v) is 8.37. The summed E-state index contributed by atoms with van der Waals surface area (Å²) in [5.74, 6) is 0.867. The predicted molar refractivity (Wildman–Crippen MR) is 109 cm³/mol. The molecule has 3 atom stereocenters. The van der Waals surface area contributed by atoms with Crippen molar-refractivity contribution in [1.29, 1.82) is 0 Å². The van der Waals surface area contributed by atoms with E-state index >= 15 is 0 Å². The summed E-state index contributed by atoms with van der Waals surface area (Å²) in [5.41, 5.74) is -0.851. The Morgan fingerprint density at radius 3 is 2.77 bits per heavy atom. The summed E-state index contributed by atoms with van der Waals surface area (Å²) in [6, 6.07) is 6.95. The van der Waals surface area contributed by atoms with Crippen molar-refractivity contribution >= 4 is 17.8 Å². The Hall–Kier alpha value is -2.77. The van der Waals surface area contributed by atoms with E-state index in [0.717, 1.165) is 24.2 Å². The minimum Gasteiger partial charge on any atom is -0.486 e. The van der Waals surface area contributed by atoms with E-state index in [9.17, 15) is 14.4 Å². The largest absolute Gasteiger partial charge is 0.486 e. The zero-order valence-corrected chi connectivity index (χ0v) is 17.6. The van der Waals surface area contributed by atoms with Gasteiger partial charge < -0.3 is 19.7 Å². The molecule has 1 saturated heterocycles. The number of ether oxygens (including phenoxy) is 2. The Morgan fingerprint density at radius 2 is 2.03 bits per heavy atom. The van der Waals surface area contributed by atoms with Gasteiger partial charge in [-0.05, 0) is 37.8 Å². The van der Waals surface area contributed by atoms with Gasteiger partial charge in [0.05, 0.1) is 6.54 Å². The summed E-state index contributed by atoms with van der Waals surface area (Å²) in [6.07, 6.45) is 3.18. The Bertz CT molecular complexity index is 844. The number of amides is 4. The molecule has 1 aromatic carbocycles. The Labute approximate surface area is 176 Å². The zero-order chi connectivity index (χ0) is 21.3. The lowest BCUT2D eigenvalue weighted by Crippen LogP contribution is -2.54. The summed E-state index contributed by atoms with van der Waals surface area (Å²) < 4.78 is 11.7. The van der Waals surface area contributed by atoms with Crippen molar-refractivity contribution in [2.75, 3.05) is 26.2 Å². The van der Waals surface area contributed by atoms with E-state index in [1.54, 1.807) is 4.90 Å². The lowest BCUT2D eigenvalue weighted by atomic mass is 9.73. The fourth-order valence-corrected chi connectivity index (χ4v) is 4.68. The van der Waals surface area contributed by atoms with Gasteiger partial charge in [-0.15, -0.1) is 0 Å². The highest BCUT2D eigenvalue weighted by atomic mass is 16.6. The monoisotopic (exact) mass is 415 g/mol. The summed E-state index contributed by atoms with van der Waals surface area (Å²) in [7, 11) is 0. The Balaban J connectivity index is 1.40. The fraction of sp³-hybridized carbons (Fsp3) is 0.591. The van der Waals surface area contributed by atoms with Crippen molar-refractivity contribution in [1.82, 2.24) is 15.1 Å². The van der Waals surface area contributed by atoms with Gasteiger partial charge in [0.25, 0.3) is 5.91 Å². The number of imide groups is 1. The molecule has 0 unspecified atom stereocenters. The summed E-state index contributed by atoms with van der Waals surface area (Å²) in [4.78, 5) is 41.3. The number of carbonyl (C=O) groups excluding carboxylic acids is 3. The number of hydrogen-bond donors (Lipinski definition) is 1. The van der Waals surface area contributed by atoms with Crippen LogP contribution in [0.2, 0.25) is 0 Å². The smallest absolute Gasteiger partial charge is 0.325 e. The van der Waals surface area contributed by atoms with Crippen molar-refractivity contribution in [2.24, 2.45) is 5.92 Å². The third-order valence-electron chi connectivity index (χ3n) is 6.52. The molecule has 30 heavy (non-hydrogen) atoms. The van der Waals surface area contributed by atoms with E-state index in [4.69, 9.17) is 9.47 Å². The number of nitrogens with one attached hydrogen (secondary N) is 1. The molecular weight excluding hydrogens is 386 g/mol. The highest BCUT2D eigenvalue weighted by molar-refractivity contribution is 6.09. The number of para-hydroxylation sites is 2. The fourth-order valence-electron chi connectivity index (χ4n) is 4.68. The molecule has 8 nitrogen and oxygen atoms in total. The molecule has 2 fully saturated rings. The van der Waals surface area contributed by atoms with Gasteiger partial charge in [0, 0.05) is 6.54 Å². The third-order valence-corrected chi connectivity index (χ3v) is 6.52. The lowest BCUT2D eigenvalue weighted by Gasteiger charge is -2.37. The Morgan fingerprint density at radius 1 is 1.27 bits per heavy atom. The van der Waals surface area contributed by atoms with Crippen molar-refractivity contribution < 1.29 is 23.9 Å². The predicted octanol–water partition coefficient (Wildman–Crippen LogP) is 2.18. The van der Waals surface area contributed by atoms with Crippen LogP contribution in [0.1, 0.15) is 39.5 Å². The third kappa shape index (κ3) is 3.59. The molecule has 4 rings (SSSR count). The first kappa shape index (κ1) is 20.5. The van der Waals surface area contributed by atoms with Crippen LogP contribution in [0.25, 0.3) is 0 Å². The molecule has 0 radical (unpaired) electrons. The molecule has 1 aliphatic carbocycles. The van der Waals surface area contributed by atoms with Gasteiger partial charge in [-0.2, -0.15) is 0 Å². The maximum atomic E-state index is 13.1. The molecule has 3 aliphatic rings. The topological polar surface area (TPSA) is 88.2 Å². The molecular formula is C22H29N3O5. The Kier molecular flexibility index (Phi) is 5.58. The summed E-state index contributed by atoms with van der Waals surface area (Å²) in [6.45, 7) is 4.73. The molecule has 162 valence electrons. The normalized spacial score (nSPS) is 27.9. The molecule has 1 spiro atoms. The molecule has 4 amide bonds. The maximum Gasteiger partial charge on any atom is 0.325 e. The standard InChI is InChI=1S/C22H29N3O5/c1-3-24(12-16-14-29-17-9-4-5-10-18(17)30-16)19(26)13-25-20(27)22(23-21(25)28)11-7-6-8-15(22)2/h4-5,9-10,15-16H,3,6-8,11-14H2,1-2H3,(H,23,28)/t15-,16-,22+/m0/s1. The van der Waals surface area contributed by atoms with Crippen molar-refractivity contribution in [3.05, 3.63) is 24.3 Å². The highest BCUT2D eigenvalue weighted by Gasteiger charge is 2.55. The number of benzene rings is 1. The second kappa shape index (κ2) is 8.16. The molecule has 1 aromatic rings. The van der Waals surface area contributed by atoms with Crippen LogP contribution in [0.5, 0.6) is 11.5 Å². The van der Waals surface area contributed by atoms with Crippen LogP contribution in [0, 0.1) is 5.92 Å². The van der Waals surface area contributed by atoms with Gasteiger partial charge in [-0.3, -0.25) is 14.5 Å². The van der Waals surface area contributed by atoms with Crippen molar-refractivity contribution in [3.8, 4) is 11.5 Å². The average Bonchev–Trinajstić information content (AvgIpc) is 2.98. The second-order valence-electron chi connectivity index (χ2n) is 8.37. The molecule has 8 heteroatoms. The quantitative estimate of drug-likeness (QED) is 0.745. The van der Waals surface area contributed by atoms with Crippen LogP contribution in [-0.2, 0) is 9.59 Å². The molecule has 2 heterocycles. The van der Waals surface area contributed by atoms with E-state index in [-0.39, 0.29) is 30.4 Å². The minimum atomic E-state index is -0.851. The molecule has 2 aliphatic heterocycles. The number of likely N-dealkylation sites (N-methyl/N-ethyl adjacent to an activating group) is 1. The van der Waals surface area contributed by atoms with Gasteiger partial charge in [-0.1, -0.05) is 31.9 Å². The summed E-state index contributed by atoms with van der Waals surface area (Å²) in [5, 5.41) is 2.90. The SMILES string of the molecule is CCN(C[C@H]1COc2ccccc2O1)C(=O)CN1C(=O)N[C@@]2(CCCC[C@@H]2C)C1=O. The molecule has 0 bridgehead atoms. The van der Waals surface area contributed by atoms with Gasteiger partial charge in [0.2, 0.25) is 5.91 Å². The van der Waals surface area contributed by atoms with Crippen LogP contribution in [-0.4, -0.2) is 65.5 Å². The molecule has 1 N–H and O–H groups in total. The number of nitrogens with zero attached hydrogens (tertiary/aromatic N) is 2. The molecule has 0 aromatic heterocycles. The van der Waals surface area contributed by atoms with E-state index < -0.39 is 11.6 Å². The number of rotatable bonds is 5. The van der Waals surface area contributed by atoms with Crippen LogP contribution in [0.4, 0.5) is 4.79 Å². The van der Waals surface area contributed by atoms with Gasteiger partial charge >= 0.3 is 6.03 Å². The number of hydrogen-bond acceptors (Lipinski definition) is 5. The van der Waals surface area contributed by atoms with E-state index in [1.165, 1.54) is 0 Å². The number of fused-ring (bicyclic) bond motifs is 1. The highest BCUT2D eigenvalue weighted by Crippen LogP contribution is 2.38. The number of urea groups is 1. The van der Waals surface area contributed by atoms with Crippen LogP contribution in [0.3, 0.4) is 0 Å². The van der Waals surface area contributed by atoms with Crippen LogP contribution in [0.15, 0.2) is 24.3 Å². The van der Waals surface area contributed by atoms with E-state index in [2.05, 4.69) is 5.32 Å². The average molecular weight is 415 g/mol. The van der Waals surface area contributed by atoms with Crippen LogP contribution < -0.4 is 14.8 Å². The first-order chi connectivity index (χ1) is 14.4. The van der Waals surface area contributed by atoms with Gasteiger partial charge in [0.15, 0.2) is 17.6 Å². The maximum absolute atomic E-state index is 13.1. The van der Waals surface area contributed by atoms with Gasteiger partial charge in [-0.25, -0.2) is 4.79 Å². The number of carbonyl (C=O) groups is 3. The van der Waals surface area contributed by atoms with Crippen LogP contribution >= 0.6 is 0 Å². The molecule has 1 saturated carbocycles. The van der Waals surface area contributed by atoms with Crippen molar-refractivity contribution in [2.45, 2.75) is 51.2 Å². The van der Waals surface area contributed by atoms with E-state index in [1.807, 2.05) is 38.1 Å². The van der Waals surface area contributed by atoms with Gasteiger partial charge in [0.1, 0.15) is 18.7 Å². The lowest BCUT2D eigenvalue weighted by molar-refractivity contribution is -0.141. The zero-order valence-electron chi connectivity index (χ0n) is 17.6. The minimum absolute atomic E-state index is 0.0675.